The molecule has 4 rings (SSSR count). The molecule has 1 atom stereocenters. The molecule has 1 saturated heterocycles. The summed E-state index contributed by atoms with van der Waals surface area (Å²) in [5.74, 6) is 0.865. The van der Waals surface area contributed by atoms with Gasteiger partial charge in [-0.2, -0.15) is 0 Å². The van der Waals surface area contributed by atoms with Crippen molar-refractivity contribution in [1.29, 1.82) is 0 Å². The molecule has 172 valence electrons. The summed E-state index contributed by atoms with van der Waals surface area (Å²) in [6.45, 7) is 8.21. The van der Waals surface area contributed by atoms with Gasteiger partial charge in [-0.05, 0) is 31.4 Å². The summed E-state index contributed by atoms with van der Waals surface area (Å²) >= 11 is 0. The maximum Gasteiger partial charge on any atom is 0.256 e. The summed E-state index contributed by atoms with van der Waals surface area (Å²) in [6.07, 6.45) is 4.89. The number of nitrogens with zero attached hydrogens (tertiary/aromatic N) is 4. The topological polar surface area (TPSA) is 106 Å². The number of aliphatic imine (C=N–C) groups is 1. The number of fused-ring (bicyclic) bond motifs is 2. The standard InChI is InChI=1S/C24H27N5O4/c1-14-8-17-11-25-19-10-20(15(2)9-18(19)24(32)29(17)12-14)33-7-5-6-22(31)26-21-13-28(4)23(27-21)16(3)30/h9-11,13,17H,1,5-8,12H2,2-4H3,(H,26,31)/t17-/m0/s1. The van der Waals surface area contributed by atoms with Crippen molar-refractivity contribution in [1.82, 2.24) is 14.5 Å². The van der Waals surface area contributed by atoms with Crippen LogP contribution in [0.4, 0.5) is 11.5 Å². The number of aromatic nitrogens is 2. The number of ether oxygens (including phenoxy) is 1. The van der Waals surface area contributed by atoms with Gasteiger partial charge in [0.2, 0.25) is 5.91 Å². The predicted octanol–water partition coefficient (Wildman–Crippen LogP) is 3.22. The van der Waals surface area contributed by atoms with Crippen LogP contribution in [-0.4, -0.2) is 57.5 Å². The minimum atomic E-state index is -0.206. The molecule has 0 aliphatic carbocycles. The number of ketones is 1. The smallest absolute Gasteiger partial charge is 0.256 e. The second-order valence-electron chi connectivity index (χ2n) is 8.48. The van der Waals surface area contributed by atoms with Gasteiger partial charge in [0.25, 0.3) is 5.91 Å². The average molecular weight is 450 g/mol. The van der Waals surface area contributed by atoms with Crippen LogP contribution in [0.5, 0.6) is 5.75 Å². The Hall–Kier alpha value is -3.75. The fourth-order valence-electron chi connectivity index (χ4n) is 4.09. The molecule has 33 heavy (non-hydrogen) atoms. The van der Waals surface area contributed by atoms with Gasteiger partial charge in [0, 0.05) is 45.4 Å². The number of benzene rings is 1. The van der Waals surface area contributed by atoms with Crippen LogP contribution in [0.1, 0.15) is 52.7 Å². The van der Waals surface area contributed by atoms with Crippen molar-refractivity contribution in [2.45, 2.75) is 39.2 Å². The second-order valence-corrected chi connectivity index (χ2v) is 8.48. The molecule has 1 N–H and O–H groups in total. The van der Waals surface area contributed by atoms with Crippen molar-refractivity contribution in [2.24, 2.45) is 12.0 Å². The van der Waals surface area contributed by atoms with Crippen LogP contribution in [0.15, 0.2) is 35.5 Å². The molecule has 9 nitrogen and oxygen atoms in total. The van der Waals surface area contributed by atoms with E-state index < -0.39 is 0 Å². The zero-order chi connectivity index (χ0) is 23.7. The van der Waals surface area contributed by atoms with Gasteiger partial charge in [-0.3, -0.25) is 19.4 Å². The van der Waals surface area contributed by atoms with Gasteiger partial charge < -0.3 is 19.5 Å². The third kappa shape index (κ3) is 4.72. The van der Waals surface area contributed by atoms with E-state index in [9.17, 15) is 14.4 Å². The van der Waals surface area contributed by atoms with Gasteiger partial charge in [0.15, 0.2) is 17.4 Å². The van der Waals surface area contributed by atoms with Crippen LogP contribution in [0.3, 0.4) is 0 Å². The Morgan fingerprint density at radius 3 is 2.85 bits per heavy atom. The van der Waals surface area contributed by atoms with E-state index in [1.807, 2.05) is 13.0 Å². The molecule has 2 aromatic rings. The Kier molecular flexibility index (Phi) is 6.13. The summed E-state index contributed by atoms with van der Waals surface area (Å²) in [7, 11) is 1.70. The molecule has 0 bridgehead atoms. The third-order valence-corrected chi connectivity index (χ3v) is 5.73. The largest absolute Gasteiger partial charge is 0.493 e. The monoisotopic (exact) mass is 449 g/mol. The molecule has 1 aromatic heterocycles. The van der Waals surface area contributed by atoms with Crippen LogP contribution < -0.4 is 10.1 Å². The van der Waals surface area contributed by atoms with Crippen molar-refractivity contribution in [3.05, 3.63) is 47.4 Å². The highest BCUT2D eigenvalue weighted by atomic mass is 16.5. The SMILES string of the molecule is C=C1C[C@H]2C=Nc3cc(OCCCC(=O)Nc4cn(C)c(C(C)=O)n4)c(C)cc3C(=O)N2C1. The third-order valence-electron chi connectivity index (χ3n) is 5.73. The Bertz CT molecular complexity index is 1180. The first-order chi connectivity index (χ1) is 15.7. The number of carbonyl (C=O) groups excluding carboxylic acids is 3. The van der Waals surface area contributed by atoms with Gasteiger partial charge in [0.1, 0.15) is 5.75 Å². The molecular weight excluding hydrogens is 422 g/mol. The van der Waals surface area contributed by atoms with Gasteiger partial charge in [-0.25, -0.2) is 4.98 Å². The normalized spacial score (nSPS) is 16.9. The molecule has 0 spiro atoms. The van der Waals surface area contributed by atoms with Crippen LogP contribution in [0.2, 0.25) is 0 Å². The molecule has 3 heterocycles. The minimum absolute atomic E-state index is 0.0417. The maximum atomic E-state index is 13.0. The number of rotatable bonds is 7. The summed E-state index contributed by atoms with van der Waals surface area (Å²) in [5, 5.41) is 2.70. The van der Waals surface area contributed by atoms with Crippen molar-refractivity contribution < 1.29 is 19.1 Å². The van der Waals surface area contributed by atoms with Crippen molar-refractivity contribution in [3.63, 3.8) is 0 Å². The number of Topliss-reactive ketones (excluding diaryl/α,β-unsaturated/α-hetero) is 1. The molecule has 2 aliphatic heterocycles. The highest BCUT2D eigenvalue weighted by Gasteiger charge is 2.33. The molecule has 1 aromatic carbocycles. The average Bonchev–Trinajstić information content (AvgIpc) is 3.28. The molecule has 2 aliphatic rings. The first-order valence-corrected chi connectivity index (χ1v) is 10.9. The number of aryl methyl sites for hydroxylation is 2. The van der Waals surface area contributed by atoms with E-state index in [0.29, 0.717) is 48.2 Å². The Morgan fingerprint density at radius 1 is 1.33 bits per heavy atom. The van der Waals surface area contributed by atoms with Crippen LogP contribution in [0.25, 0.3) is 0 Å². The minimum Gasteiger partial charge on any atom is -0.493 e. The lowest BCUT2D eigenvalue weighted by Crippen LogP contribution is -2.35. The molecule has 0 radical (unpaired) electrons. The zero-order valence-electron chi connectivity index (χ0n) is 19.1. The fourth-order valence-corrected chi connectivity index (χ4v) is 4.09. The fraction of sp³-hybridized carbons (Fsp3) is 0.375. The van der Waals surface area contributed by atoms with Crippen molar-refractivity contribution in [2.75, 3.05) is 18.5 Å². The number of imidazole rings is 1. The summed E-state index contributed by atoms with van der Waals surface area (Å²) < 4.78 is 7.47. The Labute approximate surface area is 192 Å². The van der Waals surface area contributed by atoms with Crippen molar-refractivity contribution in [3.8, 4) is 5.75 Å². The number of amides is 2. The Morgan fingerprint density at radius 2 is 2.12 bits per heavy atom. The number of carbonyl (C=O) groups is 3. The lowest BCUT2D eigenvalue weighted by molar-refractivity contribution is -0.116. The number of hydrogen-bond acceptors (Lipinski definition) is 6. The second kappa shape index (κ2) is 9.01. The molecule has 0 unspecified atom stereocenters. The molecule has 2 amide bonds. The molecule has 0 saturated carbocycles. The van der Waals surface area contributed by atoms with Crippen molar-refractivity contribution >= 4 is 35.3 Å². The van der Waals surface area contributed by atoms with Gasteiger partial charge in [-0.1, -0.05) is 12.2 Å². The number of anilines is 1. The lowest BCUT2D eigenvalue weighted by Gasteiger charge is -2.20. The lowest BCUT2D eigenvalue weighted by atomic mass is 10.1. The summed E-state index contributed by atoms with van der Waals surface area (Å²) in [4.78, 5) is 47.1. The highest BCUT2D eigenvalue weighted by Crippen LogP contribution is 2.34. The van der Waals surface area contributed by atoms with E-state index in [0.717, 1.165) is 17.6 Å². The van der Waals surface area contributed by atoms with Gasteiger partial charge >= 0.3 is 0 Å². The molecule has 1 fully saturated rings. The molecular formula is C24H27N5O4. The zero-order valence-corrected chi connectivity index (χ0v) is 19.1. The van der Waals surface area contributed by atoms with E-state index in [4.69, 9.17) is 4.74 Å². The maximum absolute atomic E-state index is 13.0. The van der Waals surface area contributed by atoms with Crippen LogP contribution >= 0.6 is 0 Å². The van der Waals surface area contributed by atoms with E-state index in [2.05, 4.69) is 21.9 Å². The first-order valence-electron chi connectivity index (χ1n) is 10.9. The summed E-state index contributed by atoms with van der Waals surface area (Å²) in [5.41, 5.74) is 3.03. The van der Waals surface area contributed by atoms with Crippen LogP contribution in [-0.2, 0) is 11.8 Å². The highest BCUT2D eigenvalue weighted by molar-refractivity contribution is 6.03. The van der Waals surface area contributed by atoms with Crippen LogP contribution in [0, 0.1) is 6.92 Å². The number of nitrogens with one attached hydrogen (secondary N) is 1. The molecule has 9 heteroatoms. The quantitative estimate of drug-likeness (QED) is 0.397. The predicted molar refractivity (Wildman–Crippen MR) is 124 cm³/mol. The number of hydrogen-bond donors (Lipinski definition) is 1. The van der Waals surface area contributed by atoms with Gasteiger partial charge in [0.05, 0.1) is 23.9 Å². The van der Waals surface area contributed by atoms with E-state index in [-0.39, 0.29) is 30.1 Å². The van der Waals surface area contributed by atoms with Gasteiger partial charge in [-0.15, -0.1) is 0 Å². The van der Waals surface area contributed by atoms with E-state index >= 15 is 0 Å². The first kappa shape index (κ1) is 22.4. The van der Waals surface area contributed by atoms with E-state index in [1.54, 1.807) is 35.0 Å². The summed E-state index contributed by atoms with van der Waals surface area (Å²) in [6, 6.07) is 3.55. The van der Waals surface area contributed by atoms with E-state index in [1.165, 1.54) is 6.92 Å². The Balaban J connectivity index is 1.33.